The molecule has 6 amide bonds. The number of hydrogen-bond acceptors (Lipinski definition) is 24. The van der Waals surface area contributed by atoms with E-state index >= 15 is 0 Å². The molecule has 14 rings (SSSR count). The van der Waals surface area contributed by atoms with E-state index in [1.165, 1.54) is 54.4 Å². The molecule has 6 aliphatic rings. The number of fused-ring (bicyclic) bond motifs is 5. The van der Waals surface area contributed by atoms with Crippen molar-refractivity contribution >= 4 is 178 Å². The van der Waals surface area contributed by atoms with Gasteiger partial charge in [0.25, 0.3) is 29.5 Å². The molecule has 0 saturated carbocycles. The number of ether oxygens (including phenoxy) is 4. The fraction of sp³-hybridized carbons (Fsp3) is 0.456. The Morgan fingerprint density at radius 1 is 0.605 bits per heavy atom. The summed E-state index contributed by atoms with van der Waals surface area (Å²) in [5.74, 6) is -1.74. The van der Waals surface area contributed by atoms with Gasteiger partial charge in [-0.25, -0.2) is 34.3 Å². The number of carbonyl (C=O) groups is 9. The van der Waals surface area contributed by atoms with Crippen molar-refractivity contribution in [3.05, 3.63) is 160 Å². The van der Waals surface area contributed by atoms with E-state index in [0.29, 0.717) is 73.4 Å². The number of methoxy groups -OCH3 is 2. The molecule has 13 heterocycles. The molecule has 8 aromatic rings. The summed E-state index contributed by atoms with van der Waals surface area (Å²) in [7, 11) is 2.67. The fourth-order valence-electron chi connectivity index (χ4n) is 14.7. The summed E-state index contributed by atoms with van der Waals surface area (Å²) in [6.07, 6.45) is 4.74. The summed E-state index contributed by atoms with van der Waals surface area (Å²) in [5.41, 5.74) is 1.83. The smallest absolute Gasteiger partial charge is 0.329 e. The fourth-order valence-corrected chi connectivity index (χ4v) is 21.7. The number of aliphatic hydroxyl groups excluding tert-OH is 1. The van der Waals surface area contributed by atoms with Crippen LogP contribution in [0.5, 0.6) is 0 Å². The molecule has 35 heteroatoms. The van der Waals surface area contributed by atoms with Gasteiger partial charge in [-0.05, 0) is 217 Å². The summed E-state index contributed by atoms with van der Waals surface area (Å²) in [6.45, 7) is 32.7. The first-order valence-corrected chi connectivity index (χ1v) is 42.8. The highest BCUT2D eigenvalue weighted by Crippen LogP contribution is 2.52. The number of benzene rings is 1. The number of esters is 3. The second-order valence-corrected chi connectivity index (χ2v) is 39.1. The Hall–Kier alpha value is -7.53. The van der Waals surface area contributed by atoms with Crippen LogP contribution in [0.1, 0.15) is 218 Å². The van der Waals surface area contributed by atoms with Gasteiger partial charge in [0.1, 0.15) is 41.2 Å². The number of anilines is 1. The number of nitrogens with one attached hydrogen (secondary N) is 3. The predicted molar refractivity (Wildman–Crippen MR) is 448 cm³/mol. The molecule has 0 radical (unpaired) electrons. The van der Waals surface area contributed by atoms with E-state index in [1.54, 1.807) is 133 Å². The Morgan fingerprint density at radius 3 is 1.54 bits per heavy atom. The summed E-state index contributed by atoms with van der Waals surface area (Å²) >= 11 is 35.7. The number of halogens is 5. The molecule has 4 N–H and O–H groups in total. The molecule has 5 atom stereocenters. The van der Waals surface area contributed by atoms with Gasteiger partial charge >= 0.3 is 17.9 Å². The van der Waals surface area contributed by atoms with Gasteiger partial charge < -0.3 is 59.6 Å². The Morgan fingerprint density at radius 2 is 1.06 bits per heavy atom. The quantitative estimate of drug-likeness (QED) is 0.0421. The van der Waals surface area contributed by atoms with E-state index in [1.807, 2.05) is 98.2 Å². The molecular formula is C79H90BrCl4N11O14S5. The Bertz CT molecular complexity index is 5060. The molecule has 1 fully saturated rings. The van der Waals surface area contributed by atoms with Crippen molar-refractivity contribution in [3.8, 4) is 21.1 Å². The summed E-state index contributed by atoms with van der Waals surface area (Å²) in [4.78, 5) is 142. The van der Waals surface area contributed by atoms with E-state index in [9.17, 15) is 48.3 Å². The molecule has 610 valence electrons. The average Bonchev–Trinajstić information content (AvgIpc) is 1.58. The molecule has 114 heavy (non-hydrogen) atoms. The van der Waals surface area contributed by atoms with Crippen molar-refractivity contribution < 1.29 is 67.2 Å². The van der Waals surface area contributed by atoms with Crippen molar-refractivity contribution in [1.29, 1.82) is 0 Å². The molecule has 0 spiro atoms. The minimum absolute atomic E-state index is 0.0613. The van der Waals surface area contributed by atoms with Crippen molar-refractivity contribution in [2.24, 2.45) is 0 Å². The van der Waals surface area contributed by atoms with E-state index in [0.717, 1.165) is 56.3 Å². The Kier molecular flexibility index (Phi) is 26.9. The maximum absolute atomic E-state index is 13.7. The van der Waals surface area contributed by atoms with Crippen LogP contribution in [0.2, 0.25) is 20.4 Å². The number of rotatable bonds is 15. The highest BCUT2D eigenvalue weighted by molar-refractivity contribution is 9.11. The molecule has 0 aliphatic carbocycles. The van der Waals surface area contributed by atoms with Crippen molar-refractivity contribution in [2.45, 2.75) is 200 Å². The number of amides is 6. The van der Waals surface area contributed by atoms with Crippen molar-refractivity contribution in [2.75, 3.05) is 39.4 Å². The SMILES string of the molecule is CC(C(=O)N[C@H](CO)c1cccc(Cl)c1)N1C(=O)c2cc(-c3nc(NC4CCOCC4)ncc3Cl)sc2C1(C)C.CC(C(=O)OC(C)(C)C)N1C(=O)c2cc(-c3nc(Cl)ncc3Cl)sc2C1(C)C.CC1(C)NC(=O)c2ccsc21.COC(=O)C(C)N1C(=O)c2cc(Br)sc2C1(C)C.COC(=O)C(C)N1C(=O)c2ccsc2C1(C)C. The summed E-state index contributed by atoms with van der Waals surface area (Å²) in [5, 5.41) is 24.3. The van der Waals surface area contributed by atoms with E-state index in [2.05, 4.69) is 51.8 Å². The third-order valence-corrected chi connectivity index (χ3v) is 28.5. The van der Waals surface area contributed by atoms with Crippen LogP contribution in [0.3, 0.4) is 0 Å². The van der Waals surface area contributed by atoms with Crippen LogP contribution < -0.4 is 16.0 Å². The highest BCUT2D eigenvalue weighted by Gasteiger charge is 2.53. The number of thiophene rings is 5. The van der Waals surface area contributed by atoms with Gasteiger partial charge in [0.05, 0.1) is 118 Å². The third-order valence-electron chi connectivity index (χ3n) is 20.2. The lowest BCUT2D eigenvalue weighted by Crippen LogP contribution is -2.52. The van der Waals surface area contributed by atoms with Crippen LogP contribution >= 0.6 is 119 Å². The summed E-state index contributed by atoms with van der Waals surface area (Å²) < 4.78 is 21.3. The number of carbonyl (C=O) groups excluding carboxylic acids is 9. The van der Waals surface area contributed by atoms with E-state index in [-0.39, 0.29) is 64.9 Å². The lowest BCUT2D eigenvalue weighted by atomic mass is 10.0. The highest BCUT2D eigenvalue weighted by atomic mass is 79.9. The molecular weight excluding hydrogens is 1710 g/mol. The van der Waals surface area contributed by atoms with Gasteiger partial charge in [-0.15, -0.1) is 56.7 Å². The number of nitrogens with zero attached hydrogens (tertiary/aromatic N) is 8. The second-order valence-electron chi connectivity index (χ2n) is 31.2. The van der Waals surface area contributed by atoms with Crippen LogP contribution in [-0.4, -0.2) is 168 Å². The van der Waals surface area contributed by atoms with Crippen LogP contribution in [0.25, 0.3) is 21.1 Å². The molecule has 1 saturated heterocycles. The summed E-state index contributed by atoms with van der Waals surface area (Å²) in [6, 6.07) is 12.9. The molecule has 1 aromatic carbocycles. The van der Waals surface area contributed by atoms with Crippen LogP contribution in [-0.2, 0) is 65.8 Å². The Balaban J connectivity index is 0.000000161. The van der Waals surface area contributed by atoms with Crippen molar-refractivity contribution in [1.82, 2.24) is 50.2 Å². The molecule has 0 bridgehead atoms. The zero-order valence-corrected chi connectivity index (χ0v) is 75.0. The predicted octanol–water partition coefficient (Wildman–Crippen LogP) is 16.5. The molecule has 7 aromatic heterocycles. The standard InChI is InChI=1S/C28H31Cl2N5O4S.C19H21Cl2N3O3S.C12H14BrNO3S.C12H15NO3S.C8H9NOS/c1-15(25(37)33-21(14-36)16-5-4-6-17(29)11-16)35-26(38)19-12-22(40-24(19)28(35,2)3)23-20(30)13-31-27(34-23)32-18-7-9-39-10-8-18;1-9(16(26)27-18(2,3)4)24-15(25)10-7-12(28-14(10)19(24,5)6)13-11(20)8-22-17(21)23-13;1-6(11(16)17-4)14-10(15)7-5-8(13)18-9(7)12(14,2)3;1-7(11(15)16-4)13-10(14)8-5-6-17-9(8)12(13,2)3;1-8(2)6-5(3-4-11-6)7(10)9-8/h4-6,11-13,15,18,21,36H,7-10,14H2,1-3H3,(H,33,37)(H,31,32,34);7-9H,1-6H3;5-6H,1-4H3;5-7H,1-4H3;3-4H,1-2H3,(H,9,10)/t15?,21-;;;;/m1..../s1. The molecule has 25 nitrogen and oxygen atoms in total. The maximum atomic E-state index is 13.7. The van der Waals surface area contributed by atoms with Crippen LogP contribution in [0.15, 0.2) is 81.5 Å². The largest absolute Gasteiger partial charge is 0.467 e. The average molecular weight is 1800 g/mol. The number of aliphatic hydroxyl groups is 1. The van der Waals surface area contributed by atoms with Gasteiger partial charge in [0.15, 0.2) is 0 Å². The minimum atomic E-state index is -0.795. The zero-order valence-electron chi connectivity index (χ0n) is 66.3. The van der Waals surface area contributed by atoms with Crippen molar-refractivity contribution in [3.63, 3.8) is 0 Å². The lowest BCUT2D eigenvalue weighted by Gasteiger charge is -2.37. The minimum Gasteiger partial charge on any atom is -0.467 e. The number of hydrogen-bond donors (Lipinski definition) is 4. The normalized spacial score (nSPS) is 18.3. The lowest BCUT2D eigenvalue weighted by molar-refractivity contribution is -0.161. The van der Waals surface area contributed by atoms with E-state index < -0.39 is 69.9 Å². The van der Waals surface area contributed by atoms with Gasteiger partial charge in [0, 0.05) is 48.7 Å². The maximum Gasteiger partial charge on any atom is 0.329 e. The van der Waals surface area contributed by atoms with Crippen LogP contribution in [0.4, 0.5) is 5.95 Å². The van der Waals surface area contributed by atoms with Gasteiger partial charge in [-0.1, -0.05) is 46.9 Å². The van der Waals surface area contributed by atoms with E-state index in [4.69, 9.17) is 65.4 Å². The van der Waals surface area contributed by atoms with Crippen LogP contribution in [0, 0.1) is 0 Å². The first kappa shape index (κ1) is 88.8. The zero-order chi connectivity index (χ0) is 84.1. The number of aromatic nitrogens is 4. The van der Waals surface area contributed by atoms with Gasteiger partial charge in [0.2, 0.25) is 17.1 Å². The molecule has 4 unspecified atom stereocenters. The third kappa shape index (κ3) is 17.8. The second kappa shape index (κ2) is 34.6. The monoisotopic (exact) mass is 1800 g/mol. The topological polar surface area (TPSA) is 311 Å². The first-order chi connectivity index (χ1) is 53.2. The Labute approximate surface area is 710 Å². The first-order valence-electron chi connectivity index (χ1n) is 36.3. The van der Waals surface area contributed by atoms with Gasteiger partial charge in [-0.3, -0.25) is 28.8 Å². The van der Waals surface area contributed by atoms with Gasteiger partial charge in [-0.2, -0.15) is 0 Å². The molecule has 6 aliphatic heterocycles.